The van der Waals surface area contributed by atoms with Crippen molar-refractivity contribution in [1.29, 1.82) is 0 Å². The fraction of sp³-hybridized carbons (Fsp3) is 0.500. The van der Waals surface area contributed by atoms with Crippen LogP contribution in [0.1, 0.15) is 70.4 Å². The van der Waals surface area contributed by atoms with Crippen LogP contribution in [-0.2, 0) is 0 Å². The lowest BCUT2D eigenvalue weighted by molar-refractivity contribution is 0.348. The predicted molar refractivity (Wildman–Crippen MR) is 92.0 cm³/mol. The summed E-state index contributed by atoms with van der Waals surface area (Å²) < 4.78 is 0. The molecule has 1 aliphatic rings. The monoisotopic (exact) mass is 270 g/mol. The van der Waals surface area contributed by atoms with Crippen LogP contribution in [-0.4, -0.2) is 0 Å². The zero-order valence-corrected chi connectivity index (χ0v) is 13.7. The van der Waals surface area contributed by atoms with Gasteiger partial charge in [-0.05, 0) is 48.3 Å². The van der Waals surface area contributed by atoms with Crippen LogP contribution in [0.4, 0.5) is 0 Å². The molecule has 0 N–H and O–H groups in total. The molecule has 1 saturated carbocycles. The summed E-state index contributed by atoms with van der Waals surface area (Å²) in [7, 11) is 0. The summed E-state index contributed by atoms with van der Waals surface area (Å²) in [5.41, 5.74) is 4.02. The molecule has 0 heteroatoms. The van der Waals surface area contributed by atoms with Crippen LogP contribution in [0.3, 0.4) is 0 Å². The lowest BCUT2D eigenvalue weighted by atomic mass is 9.79. The van der Waals surface area contributed by atoms with E-state index in [1.807, 2.05) is 19.9 Å². The van der Waals surface area contributed by atoms with E-state index in [9.17, 15) is 0 Å². The van der Waals surface area contributed by atoms with Gasteiger partial charge < -0.3 is 0 Å². The SMILES string of the molecule is C=C/C(=C\C)c1ccc(C2CCC(C)CC2)cc1.CC. The Bertz CT molecular complexity index is 414. The Labute approximate surface area is 125 Å². The topological polar surface area (TPSA) is 0 Å². The maximum atomic E-state index is 3.86. The highest BCUT2D eigenvalue weighted by Crippen LogP contribution is 2.35. The van der Waals surface area contributed by atoms with Crippen molar-refractivity contribution in [2.24, 2.45) is 5.92 Å². The van der Waals surface area contributed by atoms with E-state index in [1.165, 1.54) is 42.4 Å². The first-order chi connectivity index (χ1) is 9.74. The molecular weight excluding hydrogens is 240 g/mol. The molecule has 0 atom stereocenters. The molecule has 1 aromatic rings. The van der Waals surface area contributed by atoms with Gasteiger partial charge >= 0.3 is 0 Å². The molecule has 2 rings (SSSR count). The van der Waals surface area contributed by atoms with E-state index in [2.05, 4.69) is 50.8 Å². The van der Waals surface area contributed by atoms with Gasteiger partial charge in [-0.3, -0.25) is 0 Å². The second-order valence-electron chi connectivity index (χ2n) is 5.53. The van der Waals surface area contributed by atoms with Crippen LogP contribution in [0.25, 0.3) is 5.57 Å². The van der Waals surface area contributed by atoms with Crippen molar-refractivity contribution < 1.29 is 0 Å². The van der Waals surface area contributed by atoms with Gasteiger partial charge in [-0.15, -0.1) is 0 Å². The minimum absolute atomic E-state index is 0.785. The van der Waals surface area contributed by atoms with Crippen molar-refractivity contribution in [3.63, 3.8) is 0 Å². The first kappa shape index (κ1) is 16.8. The maximum absolute atomic E-state index is 3.86. The average Bonchev–Trinajstić information content (AvgIpc) is 2.52. The molecule has 0 saturated heterocycles. The summed E-state index contributed by atoms with van der Waals surface area (Å²) in [5.74, 6) is 1.71. The predicted octanol–water partition coefficient (Wildman–Crippen LogP) is 6.60. The molecule has 0 bridgehead atoms. The highest BCUT2D eigenvalue weighted by molar-refractivity contribution is 5.73. The molecule has 0 unspecified atom stereocenters. The van der Waals surface area contributed by atoms with Crippen LogP contribution in [0, 0.1) is 5.92 Å². The van der Waals surface area contributed by atoms with Gasteiger partial charge in [0.15, 0.2) is 0 Å². The zero-order valence-electron chi connectivity index (χ0n) is 13.7. The maximum Gasteiger partial charge on any atom is -0.0162 e. The van der Waals surface area contributed by atoms with Gasteiger partial charge in [0.05, 0.1) is 0 Å². The number of benzene rings is 1. The number of hydrogen-bond acceptors (Lipinski definition) is 0. The van der Waals surface area contributed by atoms with Crippen LogP contribution in [0.15, 0.2) is 43.0 Å². The quantitative estimate of drug-likeness (QED) is 0.543. The Hall–Kier alpha value is -1.30. The summed E-state index contributed by atoms with van der Waals surface area (Å²) >= 11 is 0. The molecule has 0 nitrogen and oxygen atoms in total. The van der Waals surface area contributed by atoms with E-state index in [4.69, 9.17) is 0 Å². The normalized spacial score (nSPS) is 22.7. The van der Waals surface area contributed by atoms with E-state index >= 15 is 0 Å². The summed E-state index contributed by atoms with van der Waals surface area (Å²) in [6.45, 7) is 12.3. The fourth-order valence-corrected chi connectivity index (χ4v) is 2.94. The first-order valence-corrected chi connectivity index (χ1v) is 8.13. The number of rotatable bonds is 3. The highest BCUT2D eigenvalue weighted by atomic mass is 14.2. The Morgan fingerprint density at radius 2 is 1.60 bits per heavy atom. The van der Waals surface area contributed by atoms with Crippen molar-refractivity contribution in [2.45, 2.75) is 59.3 Å². The molecule has 0 radical (unpaired) electrons. The largest absolute Gasteiger partial charge is 0.0985 e. The molecule has 0 heterocycles. The van der Waals surface area contributed by atoms with Gasteiger partial charge in [-0.2, -0.15) is 0 Å². The third kappa shape index (κ3) is 4.37. The summed E-state index contributed by atoms with van der Waals surface area (Å²) in [4.78, 5) is 0. The van der Waals surface area contributed by atoms with E-state index in [0.29, 0.717) is 0 Å². The van der Waals surface area contributed by atoms with Crippen molar-refractivity contribution in [3.05, 3.63) is 54.1 Å². The second kappa shape index (κ2) is 8.79. The number of hydrogen-bond donors (Lipinski definition) is 0. The molecule has 0 amide bonds. The van der Waals surface area contributed by atoms with Crippen molar-refractivity contribution in [2.75, 3.05) is 0 Å². The molecule has 1 aromatic carbocycles. The van der Waals surface area contributed by atoms with Gasteiger partial charge in [-0.1, -0.05) is 76.6 Å². The Morgan fingerprint density at radius 1 is 1.05 bits per heavy atom. The molecular formula is C20H30. The molecule has 20 heavy (non-hydrogen) atoms. The standard InChI is InChI=1S/C18H24.C2H6/c1-4-15(5-2)16-10-12-18(13-11-16)17-8-6-14(3)7-9-17;1-2/h4-5,10-14,17H,1,6-9H2,2-3H3;1-2H3/b15-5+;. The second-order valence-corrected chi connectivity index (χ2v) is 5.53. The Kier molecular flexibility index (Phi) is 7.36. The van der Waals surface area contributed by atoms with Crippen LogP contribution >= 0.6 is 0 Å². The van der Waals surface area contributed by atoms with E-state index in [1.54, 1.807) is 0 Å². The average molecular weight is 270 g/mol. The van der Waals surface area contributed by atoms with Crippen LogP contribution < -0.4 is 0 Å². The van der Waals surface area contributed by atoms with Gasteiger partial charge in [0.2, 0.25) is 0 Å². The van der Waals surface area contributed by atoms with Crippen molar-refractivity contribution in [1.82, 2.24) is 0 Å². The van der Waals surface area contributed by atoms with Gasteiger partial charge in [-0.25, -0.2) is 0 Å². The van der Waals surface area contributed by atoms with E-state index in [0.717, 1.165) is 11.8 Å². The lowest BCUT2D eigenvalue weighted by Crippen LogP contribution is -2.10. The third-order valence-electron chi connectivity index (χ3n) is 4.26. The van der Waals surface area contributed by atoms with Gasteiger partial charge in [0, 0.05) is 0 Å². The fourth-order valence-electron chi connectivity index (χ4n) is 2.94. The summed E-state index contributed by atoms with van der Waals surface area (Å²) in [6.07, 6.45) is 9.54. The molecule has 0 spiro atoms. The number of allylic oxidation sites excluding steroid dienone is 3. The Morgan fingerprint density at radius 3 is 2.05 bits per heavy atom. The summed E-state index contributed by atoms with van der Waals surface area (Å²) in [6, 6.07) is 9.10. The molecule has 0 aliphatic heterocycles. The molecule has 1 aliphatic carbocycles. The molecule has 110 valence electrons. The first-order valence-electron chi connectivity index (χ1n) is 8.13. The van der Waals surface area contributed by atoms with E-state index in [-0.39, 0.29) is 0 Å². The van der Waals surface area contributed by atoms with Crippen LogP contribution in [0.2, 0.25) is 0 Å². The zero-order chi connectivity index (χ0) is 15.0. The minimum Gasteiger partial charge on any atom is -0.0985 e. The van der Waals surface area contributed by atoms with Crippen molar-refractivity contribution >= 4 is 5.57 Å². The smallest absolute Gasteiger partial charge is 0.0162 e. The van der Waals surface area contributed by atoms with Gasteiger partial charge in [0.1, 0.15) is 0 Å². The third-order valence-corrected chi connectivity index (χ3v) is 4.26. The van der Waals surface area contributed by atoms with E-state index < -0.39 is 0 Å². The molecule has 0 aromatic heterocycles. The summed E-state index contributed by atoms with van der Waals surface area (Å²) in [5, 5.41) is 0. The Balaban J connectivity index is 0.000000956. The minimum atomic E-state index is 0.785. The molecule has 1 fully saturated rings. The van der Waals surface area contributed by atoms with Crippen LogP contribution in [0.5, 0.6) is 0 Å². The highest BCUT2D eigenvalue weighted by Gasteiger charge is 2.19. The van der Waals surface area contributed by atoms with Gasteiger partial charge in [0.25, 0.3) is 0 Å². The van der Waals surface area contributed by atoms with Crippen molar-refractivity contribution in [3.8, 4) is 0 Å². The lowest BCUT2D eigenvalue weighted by Gasteiger charge is -2.26.